The lowest BCUT2D eigenvalue weighted by Gasteiger charge is -2.27. The summed E-state index contributed by atoms with van der Waals surface area (Å²) in [6.45, 7) is 4.27. The monoisotopic (exact) mass is 246 g/mol. The van der Waals surface area contributed by atoms with E-state index in [9.17, 15) is 9.90 Å². The van der Waals surface area contributed by atoms with E-state index in [1.807, 2.05) is 31.2 Å². The molecule has 1 atom stereocenters. The second kappa shape index (κ2) is 4.94. The standard InChI is InChI=1S/C15H18O3/c1-3-18-14-6-4-11(5-7-14)12-8-13(16)10-15(2,17)9-12/h4-8,17H,3,9-10H2,1-2H3. The highest BCUT2D eigenvalue weighted by molar-refractivity contribution is 5.99. The number of aliphatic hydroxyl groups is 1. The fraction of sp³-hybridized carbons (Fsp3) is 0.400. The normalized spacial score (nSPS) is 23.7. The summed E-state index contributed by atoms with van der Waals surface area (Å²) in [5, 5.41) is 10.0. The fourth-order valence-electron chi connectivity index (χ4n) is 2.26. The lowest BCUT2D eigenvalue weighted by Crippen LogP contribution is -2.30. The number of carbonyl (C=O) groups is 1. The van der Waals surface area contributed by atoms with Crippen molar-refractivity contribution in [3.05, 3.63) is 35.9 Å². The SMILES string of the molecule is CCOc1ccc(C2=CC(=O)CC(C)(O)C2)cc1. The molecule has 0 bridgehead atoms. The Morgan fingerprint density at radius 3 is 2.50 bits per heavy atom. The minimum Gasteiger partial charge on any atom is -0.494 e. The predicted molar refractivity (Wildman–Crippen MR) is 70.5 cm³/mol. The molecule has 0 heterocycles. The summed E-state index contributed by atoms with van der Waals surface area (Å²) < 4.78 is 5.37. The molecule has 0 saturated heterocycles. The van der Waals surface area contributed by atoms with Crippen LogP contribution < -0.4 is 4.74 Å². The maximum atomic E-state index is 11.6. The second-order valence-corrected chi connectivity index (χ2v) is 4.94. The summed E-state index contributed by atoms with van der Waals surface area (Å²) in [7, 11) is 0. The van der Waals surface area contributed by atoms with Crippen LogP contribution in [0, 0.1) is 0 Å². The van der Waals surface area contributed by atoms with Crippen LogP contribution in [0.25, 0.3) is 5.57 Å². The first-order chi connectivity index (χ1) is 8.50. The first-order valence-corrected chi connectivity index (χ1v) is 6.19. The molecule has 0 radical (unpaired) electrons. The van der Waals surface area contributed by atoms with E-state index in [4.69, 9.17) is 4.74 Å². The van der Waals surface area contributed by atoms with Crippen LogP contribution in [-0.4, -0.2) is 23.1 Å². The zero-order valence-electron chi connectivity index (χ0n) is 10.8. The van der Waals surface area contributed by atoms with Gasteiger partial charge in [0.1, 0.15) is 5.75 Å². The summed E-state index contributed by atoms with van der Waals surface area (Å²) >= 11 is 0. The van der Waals surface area contributed by atoms with Gasteiger partial charge in [-0.15, -0.1) is 0 Å². The Bertz CT molecular complexity index is 469. The van der Waals surface area contributed by atoms with E-state index < -0.39 is 5.60 Å². The molecule has 18 heavy (non-hydrogen) atoms. The number of allylic oxidation sites excluding steroid dienone is 1. The summed E-state index contributed by atoms with van der Waals surface area (Å²) in [4.78, 5) is 11.6. The number of ketones is 1. The van der Waals surface area contributed by atoms with Crippen LogP contribution in [0.2, 0.25) is 0 Å². The molecule has 96 valence electrons. The maximum Gasteiger partial charge on any atom is 0.158 e. The van der Waals surface area contributed by atoms with Gasteiger partial charge in [-0.25, -0.2) is 0 Å². The molecule has 3 heteroatoms. The number of benzene rings is 1. The molecule has 1 aromatic carbocycles. The molecule has 0 spiro atoms. The van der Waals surface area contributed by atoms with Gasteiger partial charge in [-0.2, -0.15) is 0 Å². The van der Waals surface area contributed by atoms with Crippen LogP contribution >= 0.6 is 0 Å². The van der Waals surface area contributed by atoms with Gasteiger partial charge in [0.05, 0.1) is 12.2 Å². The molecule has 1 aromatic rings. The molecule has 0 aliphatic heterocycles. The molecule has 1 unspecified atom stereocenters. The van der Waals surface area contributed by atoms with E-state index in [0.29, 0.717) is 13.0 Å². The molecular formula is C15H18O3. The van der Waals surface area contributed by atoms with Crippen molar-refractivity contribution in [3.8, 4) is 5.75 Å². The highest BCUT2D eigenvalue weighted by Crippen LogP contribution is 2.32. The fourth-order valence-corrected chi connectivity index (χ4v) is 2.26. The maximum absolute atomic E-state index is 11.6. The van der Waals surface area contributed by atoms with Crippen LogP contribution in [0.15, 0.2) is 30.3 Å². The Kier molecular flexibility index (Phi) is 3.53. The average molecular weight is 246 g/mol. The predicted octanol–water partition coefficient (Wildman–Crippen LogP) is 2.58. The van der Waals surface area contributed by atoms with Crippen LogP contribution in [-0.2, 0) is 4.79 Å². The minimum absolute atomic E-state index is 0.0184. The molecule has 2 rings (SSSR count). The van der Waals surface area contributed by atoms with Gasteiger partial charge in [-0.3, -0.25) is 4.79 Å². The lowest BCUT2D eigenvalue weighted by molar-refractivity contribution is -0.119. The van der Waals surface area contributed by atoms with Crippen LogP contribution in [0.5, 0.6) is 5.75 Å². The molecule has 1 aliphatic rings. The smallest absolute Gasteiger partial charge is 0.158 e. The molecular weight excluding hydrogens is 228 g/mol. The van der Waals surface area contributed by atoms with Crippen LogP contribution in [0.3, 0.4) is 0 Å². The van der Waals surface area contributed by atoms with Crippen molar-refractivity contribution in [1.82, 2.24) is 0 Å². The van der Waals surface area contributed by atoms with E-state index in [-0.39, 0.29) is 12.2 Å². The lowest BCUT2D eigenvalue weighted by atomic mass is 9.83. The van der Waals surface area contributed by atoms with Gasteiger partial charge in [0.2, 0.25) is 0 Å². The van der Waals surface area contributed by atoms with Crippen molar-refractivity contribution in [2.24, 2.45) is 0 Å². The average Bonchev–Trinajstić information content (AvgIpc) is 2.27. The quantitative estimate of drug-likeness (QED) is 0.891. The number of ether oxygens (including phenoxy) is 1. The third-order valence-electron chi connectivity index (χ3n) is 3.00. The van der Waals surface area contributed by atoms with Gasteiger partial charge in [0.25, 0.3) is 0 Å². The van der Waals surface area contributed by atoms with Crippen molar-refractivity contribution in [3.63, 3.8) is 0 Å². The highest BCUT2D eigenvalue weighted by atomic mass is 16.5. The van der Waals surface area contributed by atoms with Crippen molar-refractivity contribution < 1.29 is 14.6 Å². The zero-order chi connectivity index (χ0) is 13.2. The Labute approximate surface area is 107 Å². The minimum atomic E-state index is -0.931. The highest BCUT2D eigenvalue weighted by Gasteiger charge is 2.29. The molecule has 0 aromatic heterocycles. The second-order valence-electron chi connectivity index (χ2n) is 4.94. The van der Waals surface area contributed by atoms with Crippen molar-refractivity contribution in [2.45, 2.75) is 32.3 Å². The van der Waals surface area contributed by atoms with Gasteiger partial charge in [-0.1, -0.05) is 12.1 Å². The number of hydrogen-bond acceptors (Lipinski definition) is 3. The number of carbonyl (C=O) groups excluding carboxylic acids is 1. The van der Waals surface area contributed by atoms with Gasteiger partial charge in [0, 0.05) is 12.8 Å². The molecule has 0 saturated carbocycles. The summed E-state index contributed by atoms with van der Waals surface area (Å²) in [5.74, 6) is 0.797. The zero-order valence-corrected chi connectivity index (χ0v) is 10.8. The molecule has 0 fully saturated rings. The Morgan fingerprint density at radius 2 is 1.94 bits per heavy atom. The van der Waals surface area contributed by atoms with Gasteiger partial charge >= 0.3 is 0 Å². The summed E-state index contributed by atoms with van der Waals surface area (Å²) in [6, 6.07) is 7.61. The third-order valence-corrected chi connectivity index (χ3v) is 3.00. The summed E-state index contributed by atoms with van der Waals surface area (Å²) in [6.07, 6.45) is 2.34. The summed E-state index contributed by atoms with van der Waals surface area (Å²) in [5.41, 5.74) is 0.922. The topological polar surface area (TPSA) is 46.5 Å². The Hall–Kier alpha value is -1.61. The van der Waals surface area contributed by atoms with Crippen LogP contribution in [0.4, 0.5) is 0 Å². The van der Waals surface area contributed by atoms with Gasteiger partial charge in [0.15, 0.2) is 5.78 Å². The largest absolute Gasteiger partial charge is 0.494 e. The third kappa shape index (κ3) is 2.99. The molecule has 3 nitrogen and oxygen atoms in total. The Balaban J connectivity index is 2.23. The van der Waals surface area contributed by atoms with E-state index in [0.717, 1.165) is 16.9 Å². The molecule has 0 amide bonds. The van der Waals surface area contributed by atoms with Gasteiger partial charge < -0.3 is 9.84 Å². The number of hydrogen-bond donors (Lipinski definition) is 1. The van der Waals surface area contributed by atoms with Crippen LogP contribution in [0.1, 0.15) is 32.3 Å². The van der Waals surface area contributed by atoms with Gasteiger partial charge in [-0.05, 0) is 43.2 Å². The van der Waals surface area contributed by atoms with E-state index in [1.165, 1.54) is 0 Å². The first-order valence-electron chi connectivity index (χ1n) is 6.19. The van der Waals surface area contributed by atoms with Crippen molar-refractivity contribution in [2.75, 3.05) is 6.61 Å². The van der Waals surface area contributed by atoms with E-state index >= 15 is 0 Å². The number of rotatable bonds is 3. The van der Waals surface area contributed by atoms with E-state index in [1.54, 1.807) is 13.0 Å². The Morgan fingerprint density at radius 1 is 1.28 bits per heavy atom. The van der Waals surface area contributed by atoms with E-state index in [2.05, 4.69) is 0 Å². The molecule has 1 N–H and O–H groups in total. The first kappa shape index (κ1) is 12.8. The molecule has 1 aliphatic carbocycles. The van der Waals surface area contributed by atoms with Crippen molar-refractivity contribution in [1.29, 1.82) is 0 Å². The van der Waals surface area contributed by atoms with Crippen molar-refractivity contribution >= 4 is 11.4 Å².